The summed E-state index contributed by atoms with van der Waals surface area (Å²) in [5.41, 5.74) is -1.33. The molecule has 0 unspecified atom stereocenters. The quantitative estimate of drug-likeness (QED) is 0.621. The summed E-state index contributed by atoms with van der Waals surface area (Å²) in [5.74, 6) is -1.05. The van der Waals surface area contributed by atoms with Crippen molar-refractivity contribution in [2.75, 3.05) is 13.7 Å². The van der Waals surface area contributed by atoms with E-state index >= 15 is 0 Å². The SMILES string of the molecule is COC(=O)CCCCCNC(=O)c1ccccc1C(F)(F)F. The van der Waals surface area contributed by atoms with Crippen LogP contribution in [0.2, 0.25) is 0 Å². The van der Waals surface area contributed by atoms with E-state index in [1.54, 1.807) is 0 Å². The van der Waals surface area contributed by atoms with Crippen LogP contribution in [0.25, 0.3) is 0 Å². The second-order valence-corrected chi connectivity index (χ2v) is 4.69. The number of halogens is 3. The second kappa shape index (κ2) is 8.41. The van der Waals surface area contributed by atoms with Crippen LogP contribution < -0.4 is 5.32 Å². The third kappa shape index (κ3) is 5.75. The monoisotopic (exact) mass is 317 g/mol. The molecule has 0 fully saturated rings. The number of carbonyl (C=O) groups excluding carboxylic acids is 2. The molecule has 0 radical (unpaired) electrons. The fourth-order valence-corrected chi connectivity index (χ4v) is 1.90. The Hall–Kier alpha value is -2.05. The number of esters is 1. The Bertz CT molecular complexity index is 515. The zero-order valence-corrected chi connectivity index (χ0v) is 12.2. The van der Waals surface area contributed by atoms with Crippen molar-refractivity contribution in [3.05, 3.63) is 35.4 Å². The number of rotatable bonds is 7. The molecular formula is C15H18F3NO3. The summed E-state index contributed by atoms with van der Waals surface area (Å²) in [6.45, 7) is 0.256. The second-order valence-electron chi connectivity index (χ2n) is 4.69. The first-order valence-corrected chi connectivity index (χ1v) is 6.87. The number of benzene rings is 1. The maximum Gasteiger partial charge on any atom is 0.417 e. The molecule has 0 aliphatic rings. The minimum absolute atomic E-state index is 0.256. The molecule has 122 valence electrons. The molecule has 22 heavy (non-hydrogen) atoms. The Kier molecular flexibility index (Phi) is 6.88. The average Bonchev–Trinajstić information content (AvgIpc) is 2.49. The minimum atomic E-state index is -4.56. The van der Waals surface area contributed by atoms with Crippen LogP contribution in [-0.4, -0.2) is 25.5 Å². The predicted molar refractivity (Wildman–Crippen MR) is 74.3 cm³/mol. The molecule has 1 amide bonds. The number of unbranched alkanes of at least 4 members (excludes halogenated alkanes) is 2. The number of ether oxygens (including phenoxy) is 1. The van der Waals surface area contributed by atoms with E-state index in [1.165, 1.54) is 19.2 Å². The third-order valence-corrected chi connectivity index (χ3v) is 3.05. The molecular weight excluding hydrogens is 299 g/mol. The van der Waals surface area contributed by atoms with Crippen LogP contribution in [-0.2, 0) is 15.7 Å². The standard InChI is InChI=1S/C15H18F3NO3/c1-22-13(20)9-3-2-6-10-19-14(21)11-7-4-5-8-12(11)15(16,17)18/h4-5,7-8H,2-3,6,9-10H2,1H3,(H,19,21). The molecule has 0 heterocycles. The molecule has 0 aromatic heterocycles. The molecule has 1 aromatic rings. The minimum Gasteiger partial charge on any atom is -0.469 e. The van der Waals surface area contributed by atoms with E-state index in [0.717, 1.165) is 12.1 Å². The van der Waals surface area contributed by atoms with Gasteiger partial charge in [-0.3, -0.25) is 9.59 Å². The first kappa shape index (κ1) is 18.0. The number of nitrogens with one attached hydrogen (secondary N) is 1. The molecule has 1 rings (SSSR count). The van der Waals surface area contributed by atoms with Crippen LogP contribution in [0.1, 0.15) is 41.6 Å². The third-order valence-electron chi connectivity index (χ3n) is 3.05. The van der Waals surface area contributed by atoms with Crippen LogP contribution in [0.4, 0.5) is 13.2 Å². The van der Waals surface area contributed by atoms with Crippen LogP contribution >= 0.6 is 0 Å². The van der Waals surface area contributed by atoms with Gasteiger partial charge in [0, 0.05) is 13.0 Å². The number of hydrogen-bond acceptors (Lipinski definition) is 3. The van der Waals surface area contributed by atoms with Gasteiger partial charge in [-0.1, -0.05) is 18.6 Å². The first-order valence-electron chi connectivity index (χ1n) is 6.87. The van der Waals surface area contributed by atoms with Gasteiger partial charge in [-0.25, -0.2) is 0 Å². The average molecular weight is 317 g/mol. The largest absolute Gasteiger partial charge is 0.469 e. The van der Waals surface area contributed by atoms with Gasteiger partial charge in [0.2, 0.25) is 0 Å². The van der Waals surface area contributed by atoms with E-state index in [4.69, 9.17) is 0 Å². The maximum atomic E-state index is 12.8. The van der Waals surface area contributed by atoms with Crippen molar-refractivity contribution in [3.8, 4) is 0 Å². The highest BCUT2D eigenvalue weighted by Crippen LogP contribution is 2.31. The van der Waals surface area contributed by atoms with Gasteiger partial charge in [-0.15, -0.1) is 0 Å². The van der Waals surface area contributed by atoms with Gasteiger partial charge in [0.25, 0.3) is 5.91 Å². The molecule has 0 atom stereocenters. The lowest BCUT2D eigenvalue weighted by Crippen LogP contribution is -2.27. The fraction of sp³-hybridized carbons (Fsp3) is 0.467. The van der Waals surface area contributed by atoms with Crippen LogP contribution in [0, 0.1) is 0 Å². The summed E-state index contributed by atoms with van der Waals surface area (Å²) in [6.07, 6.45) is -2.40. The fourth-order valence-electron chi connectivity index (χ4n) is 1.90. The van der Waals surface area contributed by atoms with Crippen LogP contribution in [0.3, 0.4) is 0 Å². The first-order chi connectivity index (χ1) is 10.4. The molecule has 0 spiro atoms. The van der Waals surface area contributed by atoms with Crippen molar-refractivity contribution in [1.29, 1.82) is 0 Å². The van der Waals surface area contributed by atoms with Crippen molar-refractivity contribution in [3.63, 3.8) is 0 Å². The van der Waals surface area contributed by atoms with Gasteiger partial charge < -0.3 is 10.1 Å². The Morgan fingerprint density at radius 2 is 1.82 bits per heavy atom. The summed E-state index contributed by atoms with van der Waals surface area (Å²) in [5, 5.41) is 2.46. The molecule has 1 aromatic carbocycles. The van der Waals surface area contributed by atoms with Gasteiger partial charge in [0.15, 0.2) is 0 Å². The molecule has 1 N–H and O–H groups in total. The molecule has 0 aliphatic carbocycles. The summed E-state index contributed by atoms with van der Waals surface area (Å²) in [6, 6.07) is 4.66. The normalized spacial score (nSPS) is 11.1. The molecule has 0 aliphatic heterocycles. The Morgan fingerprint density at radius 1 is 1.14 bits per heavy atom. The number of methoxy groups -OCH3 is 1. The van der Waals surface area contributed by atoms with E-state index in [9.17, 15) is 22.8 Å². The maximum absolute atomic E-state index is 12.8. The molecule has 7 heteroatoms. The number of alkyl halides is 3. The van der Waals surface area contributed by atoms with Crippen molar-refractivity contribution >= 4 is 11.9 Å². The van der Waals surface area contributed by atoms with Gasteiger partial charge >= 0.3 is 12.1 Å². The lowest BCUT2D eigenvalue weighted by molar-refractivity contribution is -0.140. The molecule has 0 bridgehead atoms. The van der Waals surface area contributed by atoms with Gasteiger partial charge in [-0.05, 0) is 25.0 Å². The van der Waals surface area contributed by atoms with Gasteiger partial charge in [0.05, 0.1) is 18.2 Å². The topological polar surface area (TPSA) is 55.4 Å². The Morgan fingerprint density at radius 3 is 2.45 bits per heavy atom. The molecule has 0 saturated carbocycles. The highest BCUT2D eigenvalue weighted by atomic mass is 19.4. The van der Waals surface area contributed by atoms with E-state index < -0.39 is 17.6 Å². The van der Waals surface area contributed by atoms with Gasteiger partial charge in [-0.2, -0.15) is 13.2 Å². The molecule has 0 saturated heterocycles. The van der Waals surface area contributed by atoms with Crippen molar-refractivity contribution < 1.29 is 27.5 Å². The van der Waals surface area contributed by atoms with Crippen molar-refractivity contribution in [2.45, 2.75) is 31.9 Å². The van der Waals surface area contributed by atoms with Crippen LogP contribution in [0.5, 0.6) is 0 Å². The Labute approximate surface area is 126 Å². The number of hydrogen-bond donors (Lipinski definition) is 1. The van der Waals surface area contributed by atoms with Gasteiger partial charge in [0.1, 0.15) is 0 Å². The lowest BCUT2D eigenvalue weighted by atomic mass is 10.1. The summed E-state index contributed by atoms with van der Waals surface area (Å²) in [4.78, 5) is 22.7. The predicted octanol–water partition coefficient (Wildman–Crippen LogP) is 3.17. The Balaban J connectivity index is 2.42. The molecule has 4 nitrogen and oxygen atoms in total. The highest BCUT2D eigenvalue weighted by Gasteiger charge is 2.34. The zero-order valence-electron chi connectivity index (χ0n) is 12.2. The lowest BCUT2D eigenvalue weighted by Gasteiger charge is -2.12. The summed E-state index contributed by atoms with van der Waals surface area (Å²) < 4.78 is 42.8. The van der Waals surface area contributed by atoms with E-state index in [2.05, 4.69) is 10.1 Å². The van der Waals surface area contributed by atoms with Crippen molar-refractivity contribution in [1.82, 2.24) is 5.32 Å². The zero-order chi connectivity index (χ0) is 16.6. The number of carbonyl (C=O) groups is 2. The van der Waals surface area contributed by atoms with E-state index in [0.29, 0.717) is 25.7 Å². The van der Waals surface area contributed by atoms with Crippen LogP contribution in [0.15, 0.2) is 24.3 Å². The summed E-state index contributed by atoms with van der Waals surface area (Å²) in [7, 11) is 1.31. The van der Waals surface area contributed by atoms with Crippen molar-refractivity contribution in [2.24, 2.45) is 0 Å². The van der Waals surface area contributed by atoms with E-state index in [-0.39, 0.29) is 18.1 Å². The summed E-state index contributed by atoms with van der Waals surface area (Å²) >= 11 is 0. The smallest absolute Gasteiger partial charge is 0.417 e. The van der Waals surface area contributed by atoms with E-state index in [1.807, 2.05) is 0 Å². The number of amides is 1. The highest BCUT2D eigenvalue weighted by molar-refractivity contribution is 5.95.